The number of nitrogens with zero attached hydrogens (tertiary/aromatic N) is 1. The Bertz CT molecular complexity index is 473. The highest BCUT2D eigenvalue weighted by Gasteiger charge is 2.31. The molecule has 0 bridgehead atoms. The van der Waals surface area contributed by atoms with E-state index in [1.165, 1.54) is 19.3 Å². The Kier molecular flexibility index (Phi) is 4.28. The van der Waals surface area contributed by atoms with Gasteiger partial charge in [-0.15, -0.1) is 0 Å². The fraction of sp³-hybridized carbons (Fsp3) is 0.533. The average Bonchev–Trinajstić information content (AvgIpc) is 2.47. The number of rotatable bonds is 4. The molecule has 0 aromatic heterocycles. The molecule has 1 aromatic rings. The first-order chi connectivity index (χ1) is 9.21. The van der Waals surface area contributed by atoms with E-state index in [1.54, 1.807) is 6.07 Å². The van der Waals surface area contributed by atoms with Crippen LogP contribution in [0.5, 0.6) is 0 Å². The molecule has 0 heterocycles. The third-order valence-electron chi connectivity index (χ3n) is 4.13. The normalized spacial score (nSPS) is 17.7. The van der Waals surface area contributed by atoms with Crippen LogP contribution < -0.4 is 11.1 Å². The van der Waals surface area contributed by atoms with Crippen LogP contribution in [0.1, 0.15) is 37.7 Å². The zero-order chi connectivity index (χ0) is 13.7. The summed E-state index contributed by atoms with van der Waals surface area (Å²) in [6, 6.07) is 7.50. The maximum Gasteiger partial charge on any atom is 0.101 e. The van der Waals surface area contributed by atoms with Crippen molar-refractivity contribution in [1.82, 2.24) is 0 Å². The Labute approximate surface area is 114 Å². The lowest BCUT2D eigenvalue weighted by molar-refractivity contribution is 0.0944. The molecule has 1 aliphatic carbocycles. The molecule has 4 nitrogen and oxygen atoms in total. The number of nitriles is 1. The minimum absolute atomic E-state index is 0.0344. The van der Waals surface area contributed by atoms with E-state index < -0.39 is 0 Å². The zero-order valence-corrected chi connectivity index (χ0v) is 11.2. The highest BCUT2D eigenvalue weighted by Crippen LogP contribution is 2.36. The first-order valence-electron chi connectivity index (χ1n) is 6.84. The average molecular weight is 259 g/mol. The van der Waals surface area contributed by atoms with Crippen LogP contribution in [0.25, 0.3) is 0 Å². The highest BCUT2D eigenvalue weighted by atomic mass is 16.3. The number of nitrogens with one attached hydrogen (secondary N) is 1. The molecule has 4 heteroatoms. The minimum atomic E-state index is -0.0344. The number of hydrogen-bond acceptors (Lipinski definition) is 4. The van der Waals surface area contributed by atoms with Crippen molar-refractivity contribution in [2.24, 2.45) is 5.41 Å². The molecule has 0 saturated heterocycles. The first kappa shape index (κ1) is 13.7. The van der Waals surface area contributed by atoms with E-state index in [0.29, 0.717) is 17.8 Å². The lowest BCUT2D eigenvalue weighted by atomic mass is 9.74. The van der Waals surface area contributed by atoms with Gasteiger partial charge in [0.05, 0.1) is 23.5 Å². The van der Waals surface area contributed by atoms with Crippen molar-refractivity contribution in [3.63, 3.8) is 0 Å². The van der Waals surface area contributed by atoms with E-state index in [1.807, 2.05) is 12.1 Å². The molecule has 2 rings (SSSR count). The van der Waals surface area contributed by atoms with Gasteiger partial charge >= 0.3 is 0 Å². The van der Waals surface area contributed by atoms with E-state index in [-0.39, 0.29) is 12.0 Å². The second-order valence-corrected chi connectivity index (χ2v) is 5.45. The summed E-state index contributed by atoms with van der Waals surface area (Å²) in [5, 5.41) is 21.9. The number of benzene rings is 1. The monoisotopic (exact) mass is 259 g/mol. The maximum atomic E-state index is 9.67. The van der Waals surface area contributed by atoms with Gasteiger partial charge in [0.15, 0.2) is 0 Å². The van der Waals surface area contributed by atoms with Gasteiger partial charge in [0.1, 0.15) is 6.07 Å². The van der Waals surface area contributed by atoms with Crippen molar-refractivity contribution in [2.75, 3.05) is 24.2 Å². The summed E-state index contributed by atoms with van der Waals surface area (Å²) in [6.45, 7) is 0.917. The van der Waals surface area contributed by atoms with Gasteiger partial charge in [-0.1, -0.05) is 25.3 Å². The molecule has 0 unspecified atom stereocenters. The molecule has 0 radical (unpaired) electrons. The Morgan fingerprint density at radius 1 is 1.32 bits per heavy atom. The van der Waals surface area contributed by atoms with Gasteiger partial charge in [-0.3, -0.25) is 0 Å². The van der Waals surface area contributed by atoms with E-state index >= 15 is 0 Å². The van der Waals surface area contributed by atoms with E-state index in [0.717, 1.165) is 18.5 Å². The van der Waals surface area contributed by atoms with E-state index in [9.17, 15) is 5.11 Å². The quantitative estimate of drug-likeness (QED) is 0.725. The lowest BCUT2D eigenvalue weighted by Gasteiger charge is -2.36. The molecule has 0 atom stereocenters. The lowest BCUT2D eigenvalue weighted by Crippen LogP contribution is -2.35. The molecule has 0 spiro atoms. The number of hydrogen-bond donors (Lipinski definition) is 3. The van der Waals surface area contributed by atoms with Crippen molar-refractivity contribution in [3.05, 3.63) is 23.8 Å². The smallest absolute Gasteiger partial charge is 0.101 e. The predicted molar refractivity (Wildman–Crippen MR) is 76.7 cm³/mol. The van der Waals surface area contributed by atoms with Crippen LogP contribution in [0.15, 0.2) is 18.2 Å². The fourth-order valence-electron chi connectivity index (χ4n) is 2.79. The standard InChI is InChI=1S/C15H21N3O/c16-9-12-5-4-6-13(14(12)17)18-10-15(11-19)7-2-1-3-8-15/h4-6,18-19H,1-3,7-8,10-11,17H2. The number of nitrogens with two attached hydrogens (primary N) is 1. The van der Waals surface area contributed by atoms with Crippen molar-refractivity contribution < 1.29 is 5.11 Å². The third kappa shape index (κ3) is 2.99. The van der Waals surface area contributed by atoms with Crippen molar-refractivity contribution >= 4 is 11.4 Å². The second kappa shape index (κ2) is 5.94. The molecule has 0 aliphatic heterocycles. The summed E-state index contributed by atoms with van der Waals surface area (Å²) in [7, 11) is 0. The molecule has 1 saturated carbocycles. The Morgan fingerprint density at radius 2 is 2.05 bits per heavy atom. The second-order valence-electron chi connectivity index (χ2n) is 5.45. The molecule has 1 fully saturated rings. The minimum Gasteiger partial charge on any atom is -0.396 e. The summed E-state index contributed by atoms with van der Waals surface area (Å²) in [5.74, 6) is 0. The number of para-hydroxylation sites is 1. The van der Waals surface area contributed by atoms with E-state index in [4.69, 9.17) is 11.0 Å². The summed E-state index contributed by atoms with van der Waals surface area (Å²) in [6.07, 6.45) is 5.71. The number of aliphatic hydroxyl groups is 1. The van der Waals surface area contributed by atoms with Crippen LogP contribution >= 0.6 is 0 Å². The van der Waals surface area contributed by atoms with Crippen LogP contribution in [0.2, 0.25) is 0 Å². The predicted octanol–water partition coefficient (Wildman–Crippen LogP) is 2.50. The van der Waals surface area contributed by atoms with Crippen LogP contribution in [0, 0.1) is 16.7 Å². The van der Waals surface area contributed by atoms with Crippen LogP contribution in [0.3, 0.4) is 0 Å². The largest absolute Gasteiger partial charge is 0.396 e. The van der Waals surface area contributed by atoms with Gasteiger partial charge in [-0.25, -0.2) is 0 Å². The highest BCUT2D eigenvalue weighted by molar-refractivity contribution is 5.72. The molecule has 1 aromatic carbocycles. The molecular weight excluding hydrogens is 238 g/mol. The molecule has 1 aliphatic rings. The summed E-state index contributed by atoms with van der Waals surface area (Å²) < 4.78 is 0. The zero-order valence-electron chi connectivity index (χ0n) is 11.2. The van der Waals surface area contributed by atoms with Crippen molar-refractivity contribution in [2.45, 2.75) is 32.1 Å². The number of anilines is 2. The summed E-state index contributed by atoms with van der Waals surface area (Å²) in [5.41, 5.74) is 7.69. The van der Waals surface area contributed by atoms with E-state index in [2.05, 4.69) is 11.4 Å². The van der Waals surface area contributed by atoms with Gasteiger partial charge in [-0.2, -0.15) is 5.26 Å². The summed E-state index contributed by atoms with van der Waals surface area (Å²) >= 11 is 0. The number of nitrogen functional groups attached to an aromatic ring is 1. The molecule has 19 heavy (non-hydrogen) atoms. The first-order valence-corrected chi connectivity index (χ1v) is 6.84. The molecule has 0 amide bonds. The van der Waals surface area contributed by atoms with Crippen molar-refractivity contribution in [3.8, 4) is 6.07 Å². The Morgan fingerprint density at radius 3 is 2.68 bits per heavy atom. The SMILES string of the molecule is N#Cc1cccc(NCC2(CO)CCCCC2)c1N. The van der Waals surface area contributed by atoms with Gasteiger partial charge in [0.25, 0.3) is 0 Å². The fourth-order valence-corrected chi connectivity index (χ4v) is 2.79. The van der Waals surface area contributed by atoms with Crippen LogP contribution in [-0.2, 0) is 0 Å². The van der Waals surface area contributed by atoms with Gasteiger partial charge < -0.3 is 16.2 Å². The molecule has 4 N–H and O–H groups in total. The van der Waals surface area contributed by atoms with Crippen LogP contribution in [0.4, 0.5) is 11.4 Å². The van der Waals surface area contributed by atoms with Gasteiger partial charge in [0, 0.05) is 12.0 Å². The maximum absolute atomic E-state index is 9.67. The Balaban J connectivity index is 2.07. The topological polar surface area (TPSA) is 82.1 Å². The number of aliphatic hydroxyl groups excluding tert-OH is 1. The molecular formula is C15H21N3O. The molecule has 102 valence electrons. The summed E-state index contributed by atoms with van der Waals surface area (Å²) in [4.78, 5) is 0. The van der Waals surface area contributed by atoms with Gasteiger partial charge in [0.2, 0.25) is 0 Å². The van der Waals surface area contributed by atoms with Crippen LogP contribution in [-0.4, -0.2) is 18.3 Å². The van der Waals surface area contributed by atoms with Gasteiger partial charge in [-0.05, 0) is 25.0 Å². The third-order valence-corrected chi connectivity index (χ3v) is 4.13. The van der Waals surface area contributed by atoms with Crippen molar-refractivity contribution in [1.29, 1.82) is 5.26 Å². The Hall–Kier alpha value is -1.73.